The van der Waals surface area contributed by atoms with Crippen LogP contribution < -0.4 is 4.90 Å². The van der Waals surface area contributed by atoms with E-state index in [1.54, 1.807) is 24.2 Å². The number of piperazine rings is 1. The topological polar surface area (TPSA) is 49.3 Å². The first kappa shape index (κ1) is 19.5. The normalized spacial score (nSPS) is 14.2. The molecule has 1 saturated heterocycles. The number of carbonyl (C=O) groups excluding carboxylic acids is 1. The number of benzene rings is 2. The average molecular weight is 405 g/mol. The predicted octanol–water partition coefficient (Wildman–Crippen LogP) is 3.65. The Morgan fingerprint density at radius 1 is 0.828 bits per heavy atom. The SMILES string of the molecule is O=C(CSC(c1ccccc1)c1ccccc1)N1CCN(c2ncccn2)CC1. The number of hydrogen-bond donors (Lipinski definition) is 0. The summed E-state index contributed by atoms with van der Waals surface area (Å²) in [7, 11) is 0. The molecule has 1 aliphatic heterocycles. The molecule has 2 heterocycles. The molecule has 29 heavy (non-hydrogen) atoms. The van der Waals surface area contributed by atoms with Crippen molar-refractivity contribution in [1.29, 1.82) is 0 Å². The summed E-state index contributed by atoms with van der Waals surface area (Å²) < 4.78 is 0. The number of nitrogens with zero attached hydrogens (tertiary/aromatic N) is 4. The van der Waals surface area contributed by atoms with Crippen LogP contribution in [-0.2, 0) is 4.79 Å². The second-order valence-electron chi connectivity index (χ2n) is 6.93. The molecular formula is C23H24N4OS. The van der Waals surface area contributed by atoms with Crippen molar-refractivity contribution in [2.24, 2.45) is 0 Å². The highest BCUT2D eigenvalue weighted by molar-refractivity contribution is 8.00. The highest BCUT2D eigenvalue weighted by Crippen LogP contribution is 2.35. The number of carbonyl (C=O) groups is 1. The van der Waals surface area contributed by atoms with E-state index in [1.807, 2.05) is 23.1 Å². The van der Waals surface area contributed by atoms with Gasteiger partial charge in [-0.2, -0.15) is 0 Å². The minimum atomic E-state index is 0.153. The van der Waals surface area contributed by atoms with E-state index < -0.39 is 0 Å². The van der Waals surface area contributed by atoms with Gasteiger partial charge in [0.1, 0.15) is 0 Å². The first-order valence-corrected chi connectivity index (χ1v) is 10.9. The molecule has 2 aromatic carbocycles. The quantitative estimate of drug-likeness (QED) is 0.628. The van der Waals surface area contributed by atoms with Gasteiger partial charge in [-0.1, -0.05) is 60.7 Å². The first-order valence-electron chi connectivity index (χ1n) is 9.82. The van der Waals surface area contributed by atoms with Crippen molar-refractivity contribution in [2.45, 2.75) is 5.25 Å². The van der Waals surface area contributed by atoms with Crippen LogP contribution >= 0.6 is 11.8 Å². The van der Waals surface area contributed by atoms with Crippen molar-refractivity contribution >= 4 is 23.6 Å². The lowest BCUT2D eigenvalue weighted by Gasteiger charge is -2.34. The molecule has 1 amide bonds. The maximum absolute atomic E-state index is 12.9. The maximum Gasteiger partial charge on any atom is 0.232 e. The summed E-state index contributed by atoms with van der Waals surface area (Å²) in [4.78, 5) is 25.6. The van der Waals surface area contributed by atoms with Gasteiger partial charge < -0.3 is 9.80 Å². The van der Waals surface area contributed by atoms with Gasteiger partial charge in [0, 0.05) is 38.6 Å². The molecule has 1 fully saturated rings. The summed E-state index contributed by atoms with van der Waals surface area (Å²) in [6.07, 6.45) is 3.51. The maximum atomic E-state index is 12.9. The van der Waals surface area contributed by atoms with Crippen LogP contribution in [0.1, 0.15) is 16.4 Å². The predicted molar refractivity (Wildman–Crippen MR) is 118 cm³/mol. The summed E-state index contributed by atoms with van der Waals surface area (Å²) in [6, 6.07) is 22.6. The van der Waals surface area contributed by atoms with Crippen LogP contribution in [0.4, 0.5) is 5.95 Å². The van der Waals surface area contributed by atoms with Gasteiger partial charge >= 0.3 is 0 Å². The van der Waals surface area contributed by atoms with Gasteiger partial charge in [-0.25, -0.2) is 9.97 Å². The zero-order valence-electron chi connectivity index (χ0n) is 16.2. The molecule has 1 aromatic heterocycles. The fourth-order valence-electron chi connectivity index (χ4n) is 3.50. The van der Waals surface area contributed by atoms with Crippen LogP contribution in [-0.4, -0.2) is 52.7 Å². The molecule has 0 aliphatic carbocycles. The lowest BCUT2D eigenvalue weighted by atomic mass is 10.0. The van der Waals surface area contributed by atoms with Crippen LogP contribution in [0.2, 0.25) is 0 Å². The van der Waals surface area contributed by atoms with E-state index in [1.165, 1.54) is 11.1 Å². The molecule has 4 rings (SSSR count). The van der Waals surface area contributed by atoms with Gasteiger partial charge in [-0.3, -0.25) is 4.79 Å². The Hall–Kier alpha value is -2.86. The standard InChI is InChI=1S/C23H24N4OS/c28-21(26-14-16-27(17-15-26)23-24-12-7-13-25-23)18-29-22(19-8-3-1-4-9-19)20-10-5-2-6-11-20/h1-13,22H,14-18H2. The van der Waals surface area contributed by atoms with Crippen molar-refractivity contribution in [3.05, 3.63) is 90.3 Å². The lowest BCUT2D eigenvalue weighted by molar-refractivity contribution is -0.128. The molecule has 0 atom stereocenters. The second kappa shape index (κ2) is 9.56. The smallest absolute Gasteiger partial charge is 0.232 e. The minimum absolute atomic E-state index is 0.153. The first-order chi connectivity index (χ1) is 14.3. The van der Waals surface area contributed by atoms with Gasteiger partial charge in [0.05, 0.1) is 11.0 Å². The van der Waals surface area contributed by atoms with Crippen LogP contribution in [0, 0.1) is 0 Å². The molecule has 0 unspecified atom stereocenters. The van der Waals surface area contributed by atoms with Crippen LogP contribution in [0.3, 0.4) is 0 Å². The molecule has 0 saturated carbocycles. The van der Waals surface area contributed by atoms with E-state index in [0.717, 1.165) is 19.0 Å². The Morgan fingerprint density at radius 2 is 1.38 bits per heavy atom. The molecule has 5 nitrogen and oxygen atoms in total. The van der Waals surface area contributed by atoms with Gasteiger partial charge in [0.2, 0.25) is 11.9 Å². The number of aromatic nitrogens is 2. The minimum Gasteiger partial charge on any atom is -0.338 e. The summed E-state index contributed by atoms with van der Waals surface area (Å²) in [5, 5.41) is 0.153. The second-order valence-corrected chi connectivity index (χ2v) is 8.02. The lowest BCUT2D eigenvalue weighted by Crippen LogP contribution is -2.49. The van der Waals surface area contributed by atoms with E-state index in [-0.39, 0.29) is 11.2 Å². The van der Waals surface area contributed by atoms with Crippen molar-refractivity contribution in [1.82, 2.24) is 14.9 Å². The van der Waals surface area contributed by atoms with Crippen LogP contribution in [0.5, 0.6) is 0 Å². The fourth-order valence-corrected chi connectivity index (χ4v) is 4.69. The van der Waals surface area contributed by atoms with Crippen molar-refractivity contribution < 1.29 is 4.79 Å². The van der Waals surface area contributed by atoms with Crippen molar-refractivity contribution in [2.75, 3.05) is 36.8 Å². The fraction of sp³-hybridized carbons (Fsp3) is 0.261. The molecular weight excluding hydrogens is 380 g/mol. The number of amides is 1. The number of anilines is 1. The molecule has 148 valence electrons. The Balaban J connectivity index is 1.36. The third kappa shape index (κ3) is 4.95. The number of hydrogen-bond acceptors (Lipinski definition) is 5. The average Bonchev–Trinajstić information content (AvgIpc) is 2.81. The van der Waals surface area contributed by atoms with Gasteiger partial charge in [0.25, 0.3) is 0 Å². The largest absolute Gasteiger partial charge is 0.338 e. The summed E-state index contributed by atoms with van der Waals surface area (Å²) in [5.74, 6) is 1.40. The molecule has 3 aromatic rings. The van der Waals surface area contributed by atoms with E-state index in [4.69, 9.17) is 0 Å². The Bertz CT molecular complexity index is 860. The molecule has 0 N–H and O–H groups in total. The zero-order chi connectivity index (χ0) is 19.9. The molecule has 0 spiro atoms. The Morgan fingerprint density at radius 3 is 1.93 bits per heavy atom. The highest BCUT2D eigenvalue weighted by atomic mass is 32.2. The van der Waals surface area contributed by atoms with Gasteiger partial charge in [-0.05, 0) is 17.2 Å². The van der Waals surface area contributed by atoms with Gasteiger partial charge in [-0.15, -0.1) is 11.8 Å². The van der Waals surface area contributed by atoms with E-state index in [9.17, 15) is 4.79 Å². The Labute approximate surface area is 175 Å². The highest BCUT2D eigenvalue weighted by Gasteiger charge is 2.24. The summed E-state index contributed by atoms with van der Waals surface area (Å²) in [5.41, 5.74) is 2.45. The third-order valence-corrected chi connectivity index (χ3v) is 6.34. The van der Waals surface area contributed by atoms with Crippen molar-refractivity contribution in [3.8, 4) is 0 Å². The van der Waals surface area contributed by atoms with Gasteiger partial charge in [0.15, 0.2) is 0 Å². The third-order valence-electron chi connectivity index (χ3n) is 5.05. The molecule has 6 heteroatoms. The van der Waals surface area contributed by atoms with Crippen LogP contribution in [0.15, 0.2) is 79.1 Å². The van der Waals surface area contributed by atoms with E-state index in [0.29, 0.717) is 18.8 Å². The zero-order valence-corrected chi connectivity index (χ0v) is 17.0. The molecule has 0 radical (unpaired) electrons. The number of rotatable bonds is 6. The Kier molecular flexibility index (Phi) is 6.42. The summed E-state index contributed by atoms with van der Waals surface area (Å²) in [6.45, 7) is 2.94. The van der Waals surface area contributed by atoms with Crippen molar-refractivity contribution in [3.63, 3.8) is 0 Å². The molecule has 0 bridgehead atoms. The van der Waals surface area contributed by atoms with E-state index >= 15 is 0 Å². The van der Waals surface area contributed by atoms with Crippen LogP contribution in [0.25, 0.3) is 0 Å². The molecule has 1 aliphatic rings. The summed E-state index contributed by atoms with van der Waals surface area (Å²) >= 11 is 1.70. The van der Waals surface area contributed by atoms with E-state index in [2.05, 4.69) is 63.4 Å². The monoisotopic (exact) mass is 404 g/mol. The number of thioether (sulfide) groups is 1.